The van der Waals surface area contributed by atoms with Crippen LogP contribution in [0.3, 0.4) is 0 Å². The molecule has 3 heterocycles. The standard InChI is InChI=1S/C25H31N7O2/c1-17(2)10-13-31-21-22(28-24(31)30-12-4-5-20(27)16-30)29(3)25(34)32(23(21)33)14-11-18-6-8-19(15-26)9-7-18/h6-10,20H,4-5,11-14,16,27H2,1-3H3. The van der Waals surface area contributed by atoms with Crippen molar-refractivity contribution in [3.05, 3.63) is 67.9 Å². The Morgan fingerprint density at radius 3 is 2.62 bits per heavy atom. The molecular weight excluding hydrogens is 430 g/mol. The highest BCUT2D eigenvalue weighted by molar-refractivity contribution is 5.74. The number of imidazole rings is 1. The highest BCUT2D eigenvalue weighted by atomic mass is 16.2. The molecule has 1 aliphatic heterocycles. The van der Waals surface area contributed by atoms with E-state index in [4.69, 9.17) is 16.0 Å². The number of aryl methyl sites for hydroxylation is 2. The number of nitriles is 1. The van der Waals surface area contributed by atoms with Gasteiger partial charge >= 0.3 is 5.69 Å². The summed E-state index contributed by atoms with van der Waals surface area (Å²) in [6.07, 6.45) is 4.48. The van der Waals surface area contributed by atoms with Crippen molar-refractivity contribution < 1.29 is 0 Å². The summed E-state index contributed by atoms with van der Waals surface area (Å²) in [6, 6.07) is 9.33. The maximum absolute atomic E-state index is 13.6. The zero-order valence-electron chi connectivity index (χ0n) is 20.0. The van der Waals surface area contributed by atoms with E-state index < -0.39 is 0 Å². The van der Waals surface area contributed by atoms with Gasteiger partial charge in [-0.15, -0.1) is 0 Å². The van der Waals surface area contributed by atoms with Gasteiger partial charge in [-0.25, -0.2) is 4.79 Å². The number of hydrogen-bond donors (Lipinski definition) is 1. The molecule has 1 fully saturated rings. The first-order valence-electron chi connectivity index (χ1n) is 11.6. The average molecular weight is 462 g/mol. The molecule has 0 bridgehead atoms. The van der Waals surface area contributed by atoms with Crippen molar-refractivity contribution in [2.24, 2.45) is 12.8 Å². The van der Waals surface area contributed by atoms with Crippen molar-refractivity contribution in [3.63, 3.8) is 0 Å². The quantitative estimate of drug-likeness (QED) is 0.561. The molecule has 0 spiro atoms. The molecule has 4 rings (SSSR count). The average Bonchev–Trinajstić information content (AvgIpc) is 3.21. The van der Waals surface area contributed by atoms with Gasteiger partial charge in [0.15, 0.2) is 11.2 Å². The number of aromatic nitrogens is 4. The van der Waals surface area contributed by atoms with Crippen LogP contribution in [0.5, 0.6) is 0 Å². The molecule has 9 heteroatoms. The molecule has 1 saturated heterocycles. The van der Waals surface area contributed by atoms with Crippen LogP contribution in [0, 0.1) is 11.3 Å². The molecule has 0 radical (unpaired) electrons. The lowest BCUT2D eigenvalue weighted by atomic mass is 10.1. The second kappa shape index (κ2) is 9.69. The molecule has 3 aromatic rings. The number of rotatable bonds is 6. The van der Waals surface area contributed by atoms with E-state index in [-0.39, 0.29) is 23.8 Å². The summed E-state index contributed by atoms with van der Waals surface area (Å²) >= 11 is 0. The Bertz CT molecular complexity index is 1380. The minimum Gasteiger partial charge on any atom is -0.341 e. The van der Waals surface area contributed by atoms with Gasteiger partial charge in [-0.1, -0.05) is 23.8 Å². The summed E-state index contributed by atoms with van der Waals surface area (Å²) < 4.78 is 4.66. The fourth-order valence-corrected chi connectivity index (χ4v) is 4.42. The summed E-state index contributed by atoms with van der Waals surface area (Å²) in [4.78, 5) is 33.7. The van der Waals surface area contributed by atoms with Gasteiger partial charge in [0.05, 0.1) is 11.6 Å². The molecule has 1 aromatic carbocycles. The Morgan fingerprint density at radius 2 is 1.97 bits per heavy atom. The maximum atomic E-state index is 13.6. The smallest absolute Gasteiger partial charge is 0.332 e. The van der Waals surface area contributed by atoms with Crippen molar-refractivity contribution >= 4 is 17.1 Å². The molecule has 178 valence electrons. The first kappa shape index (κ1) is 23.5. The van der Waals surface area contributed by atoms with Crippen LogP contribution in [-0.4, -0.2) is 37.8 Å². The van der Waals surface area contributed by atoms with Gasteiger partial charge in [0, 0.05) is 39.3 Å². The Kier molecular flexibility index (Phi) is 6.70. The number of nitrogens with two attached hydrogens (primary N) is 1. The molecule has 1 unspecified atom stereocenters. The summed E-state index contributed by atoms with van der Waals surface area (Å²) in [7, 11) is 1.66. The Morgan fingerprint density at radius 1 is 1.24 bits per heavy atom. The molecule has 2 N–H and O–H groups in total. The molecule has 0 amide bonds. The van der Waals surface area contributed by atoms with Crippen LogP contribution in [0.15, 0.2) is 45.5 Å². The number of piperidine rings is 1. The van der Waals surface area contributed by atoms with Gasteiger partial charge in [-0.05, 0) is 50.8 Å². The van der Waals surface area contributed by atoms with E-state index in [0.29, 0.717) is 42.2 Å². The second-order valence-electron chi connectivity index (χ2n) is 9.18. The molecule has 1 atom stereocenters. The molecule has 2 aromatic heterocycles. The molecule has 34 heavy (non-hydrogen) atoms. The van der Waals surface area contributed by atoms with E-state index in [0.717, 1.165) is 30.5 Å². The minimum absolute atomic E-state index is 0.0540. The van der Waals surface area contributed by atoms with Gasteiger partial charge in [-0.2, -0.15) is 10.2 Å². The van der Waals surface area contributed by atoms with E-state index in [9.17, 15) is 9.59 Å². The number of nitrogens with zero attached hydrogens (tertiary/aromatic N) is 6. The summed E-state index contributed by atoms with van der Waals surface area (Å²) in [5.41, 5.74) is 8.97. The monoisotopic (exact) mass is 461 g/mol. The van der Waals surface area contributed by atoms with Crippen LogP contribution in [-0.2, 0) is 26.6 Å². The third-order valence-electron chi connectivity index (χ3n) is 6.34. The van der Waals surface area contributed by atoms with Crippen molar-refractivity contribution in [1.29, 1.82) is 5.26 Å². The van der Waals surface area contributed by atoms with Crippen molar-refractivity contribution in [3.8, 4) is 6.07 Å². The molecular formula is C25H31N7O2. The van der Waals surface area contributed by atoms with E-state index in [1.165, 1.54) is 9.13 Å². The van der Waals surface area contributed by atoms with E-state index in [2.05, 4.69) is 17.0 Å². The Balaban J connectivity index is 1.81. The topological polar surface area (TPSA) is 115 Å². The highest BCUT2D eigenvalue weighted by Gasteiger charge is 2.26. The third kappa shape index (κ3) is 4.54. The van der Waals surface area contributed by atoms with E-state index in [1.54, 1.807) is 19.2 Å². The van der Waals surface area contributed by atoms with E-state index in [1.807, 2.05) is 30.5 Å². The zero-order chi connectivity index (χ0) is 24.4. The summed E-state index contributed by atoms with van der Waals surface area (Å²) in [5, 5.41) is 8.99. The van der Waals surface area contributed by atoms with Crippen molar-refractivity contribution in [2.45, 2.75) is 52.2 Å². The van der Waals surface area contributed by atoms with E-state index >= 15 is 0 Å². The minimum atomic E-state index is -0.389. The largest absolute Gasteiger partial charge is 0.341 e. The predicted molar refractivity (Wildman–Crippen MR) is 133 cm³/mol. The number of benzene rings is 1. The van der Waals surface area contributed by atoms with Gasteiger partial charge < -0.3 is 15.2 Å². The van der Waals surface area contributed by atoms with Crippen molar-refractivity contribution in [1.82, 2.24) is 18.7 Å². The fraction of sp³-hybridized carbons (Fsp3) is 0.440. The zero-order valence-corrected chi connectivity index (χ0v) is 20.0. The Hall–Kier alpha value is -3.64. The fourth-order valence-electron chi connectivity index (χ4n) is 4.42. The summed E-state index contributed by atoms with van der Waals surface area (Å²) in [5.74, 6) is 0.680. The molecule has 9 nitrogen and oxygen atoms in total. The molecule has 0 aliphatic carbocycles. The first-order chi connectivity index (χ1) is 16.3. The lowest BCUT2D eigenvalue weighted by Gasteiger charge is -2.31. The van der Waals surface area contributed by atoms with Crippen molar-refractivity contribution in [2.75, 3.05) is 18.0 Å². The lowest BCUT2D eigenvalue weighted by molar-refractivity contribution is 0.495. The van der Waals surface area contributed by atoms with Crippen LogP contribution in [0.25, 0.3) is 11.2 Å². The lowest BCUT2D eigenvalue weighted by Crippen LogP contribution is -2.44. The van der Waals surface area contributed by atoms with Crippen LogP contribution < -0.4 is 21.9 Å². The maximum Gasteiger partial charge on any atom is 0.332 e. The van der Waals surface area contributed by atoms with Gasteiger partial charge in [0.1, 0.15) is 0 Å². The number of fused-ring (bicyclic) bond motifs is 1. The Labute approximate surface area is 198 Å². The highest BCUT2D eigenvalue weighted by Crippen LogP contribution is 2.23. The number of anilines is 1. The third-order valence-corrected chi connectivity index (χ3v) is 6.34. The molecule has 0 saturated carbocycles. The number of allylic oxidation sites excluding steroid dienone is 2. The van der Waals surface area contributed by atoms with Gasteiger partial charge in [0.2, 0.25) is 5.95 Å². The SMILES string of the molecule is CC(C)=CCn1c(N2CCCC(N)C2)nc2c1c(=O)n(CCc1ccc(C#N)cc1)c(=O)n2C. The number of hydrogen-bond acceptors (Lipinski definition) is 6. The van der Waals surface area contributed by atoms with Crippen LogP contribution in [0.4, 0.5) is 5.95 Å². The summed E-state index contributed by atoms with van der Waals surface area (Å²) in [6.45, 7) is 6.24. The predicted octanol–water partition coefficient (Wildman–Crippen LogP) is 1.90. The normalized spacial score (nSPS) is 16.0. The van der Waals surface area contributed by atoms with Gasteiger partial charge in [0.25, 0.3) is 5.56 Å². The second-order valence-corrected chi connectivity index (χ2v) is 9.18. The van der Waals surface area contributed by atoms with Gasteiger partial charge in [-0.3, -0.25) is 13.9 Å². The molecule has 1 aliphatic rings. The van der Waals surface area contributed by atoms with Crippen LogP contribution in [0.2, 0.25) is 0 Å². The van der Waals surface area contributed by atoms with Crippen LogP contribution >= 0.6 is 0 Å². The van der Waals surface area contributed by atoms with Crippen LogP contribution in [0.1, 0.15) is 37.8 Å². The first-order valence-corrected chi connectivity index (χ1v) is 11.6.